The van der Waals surface area contributed by atoms with E-state index in [9.17, 15) is 19.2 Å². The van der Waals surface area contributed by atoms with Crippen molar-refractivity contribution in [3.63, 3.8) is 0 Å². The van der Waals surface area contributed by atoms with Crippen LogP contribution in [-0.2, 0) is 16.1 Å². The molecule has 0 saturated carbocycles. The Kier molecular flexibility index (Phi) is 5.55. The zero-order valence-electron chi connectivity index (χ0n) is 17.6. The number of halogens is 1. The highest BCUT2D eigenvalue weighted by molar-refractivity contribution is 6.29. The van der Waals surface area contributed by atoms with Gasteiger partial charge in [-0.05, 0) is 37.1 Å². The van der Waals surface area contributed by atoms with Gasteiger partial charge >= 0.3 is 0 Å². The second-order valence-corrected chi connectivity index (χ2v) is 8.63. The van der Waals surface area contributed by atoms with E-state index in [4.69, 9.17) is 11.6 Å². The molecule has 170 valence electrons. The molecular formula is C22H21ClN6O4. The van der Waals surface area contributed by atoms with Gasteiger partial charge in [-0.2, -0.15) is 0 Å². The molecule has 3 aliphatic rings. The minimum atomic E-state index is -1.01. The van der Waals surface area contributed by atoms with Gasteiger partial charge in [0.15, 0.2) is 0 Å². The summed E-state index contributed by atoms with van der Waals surface area (Å²) < 4.78 is 0. The molecule has 1 aromatic heterocycles. The Labute approximate surface area is 194 Å². The largest absolute Gasteiger partial charge is 0.332 e. The van der Waals surface area contributed by atoms with E-state index in [1.54, 1.807) is 30.5 Å². The van der Waals surface area contributed by atoms with Crippen LogP contribution in [0.5, 0.6) is 0 Å². The van der Waals surface area contributed by atoms with Gasteiger partial charge < -0.3 is 10.2 Å². The van der Waals surface area contributed by atoms with Gasteiger partial charge in [0.2, 0.25) is 17.8 Å². The van der Waals surface area contributed by atoms with Gasteiger partial charge in [0.05, 0.1) is 11.1 Å². The van der Waals surface area contributed by atoms with Gasteiger partial charge in [-0.15, -0.1) is 0 Å². The molecule has 2 N–H and O–H groups in total. The van der Waals surface area contributed by atoms with E-state index < -0.39 is 29.7 Å². The van der Waals surface area contributed by atoms with Crippen LogP contribution < -0.4 is 15.5 Å². The van der Waals surface area contributed by atoms with Crippen molar-refractivity contribution in [3.8, 4) is 0 Å². The number of aromatic nitrogens is 2. The maximum Gasteiger partial charge on any atom is 0.262 e. The van der Waals surface area contributed by atoms with E-state index in [0.717, 1.165) is 24.4 Å². The number of carbonyl (C=O) groups excluding carboxylic acids is 4. The van der Waals surface area contributed by atoms with Crippen molar-refractivity contribution in [2.75, 3.05) is 18.0 Å². The average Bonchev–Trinajstić information content (AvgIpc) is 3.40. The Morgan fingerprint density at radius 1 is 1.12 bits per heavy atom. The standard InChI is InChI=1S/C22H21ClN6O4/c23-16-7-9-25-22(26-16)28(13-6-8-24-10-13)11-12-2-1-3-14-18(12)21(33)29(20(14)32)15-4-5-17(30)27-19(15)31/h1-3,7,9,13,15,24H,4-6,8,10-11H2,(H,27,30,31). The zero-order chi connectivity index (χ0) is 23.1. The Hall–Kier alpha value is -3.37. The van der Waals surface area contributed by atoms with Crippen LogP contribution in [0.1, 0.15) is 45.5 Å². The Morgan fingerprint density at radius 2 is 1.97 bits per heavy atom. The SMILES string of the molecule is O=C1CCC(N2C(=O)c3cccc(CN(c4nccc(Cl)n4)C4CCNC4)c3C2=O)C(=O)N1. The van der Waals surface area contributed by atoms with E-state index in [1.807, 2.05) is 4.90 Å². The number of amides is 4. The molecule has 0 aliphatic carbocycles. The van der Waals surface area contributed by atoms with Crippen molar-refractivity contribution in [1.82, 2.24) is 25.5 Å². The minimum absolute atomic E-state index is 0.0746. The van der Waals surface area contributed by atoms with Crippen molar-refractivity contribution in [2.24, 2.45) is 0 Å². The molecule has 4 heterocycles. The molecule has 2 saturated heterocycles. The first-order valence-electron chi connectivity index (χ1n) is 10.7. The number of nitrogens with one attached hydrogen (secondary N) is 2. The third-order valence-electron chi connectivity index (χ3n) is 6.24. The first-order chi connectivity index (χ1) is 15.9. The fourth-order valence-corrected chi connectivity index (χ4v) is 4.77. The Balaban J connectivity index is 1.49. The summed E-state index contributed by atoms with van der Waals surface area (Å²) in [6, 6.07) is 5.76. The molecule has 2 atom stereocenters. The lowest BCUT2D eigenvalue weighted by Crippen LogP contribution is -2.54. The Bertz CT molecular complexity index is 1170. The average molecular weight is 469 g/mol. The van der Waals surface area contributed by atoms with E-state index in [-0.39, 0.29) is 36.6 Å². The lowest BCUT2D eigenvalue weighted by molar-refractivity contribution is -0.136. The summed E-state index contributed by atoms with van der Waals surface area (Å²) in [7, 11) is 0. The number of hydrogen-bond donors (Lipinski definition) is 2. The van der Waals surface area contributed by atoms with Crippen LogP contribution in [0.15, 0.2) is 30.5 Å². The molecular weight excluding hydrogens is 448 g/mol. The monoisotopic (exact) mass is 468 g/mol. The van der Waals surface area contributed by atoms with E-state index in [1.165, 1.54) is 0 Å². The predicted octanol–water partition coefficient (Wildman–Crippen LogP) is 0.900. The van der Waals surface area contributed by atoms with Gasteiger partial charge in [-0.3, -0.25) is 29.4 Å². The molecule has 5 rings (SSSR count). The highest BCUT2D eigenvalue weighted by Gasteiger charge is 2.45. The highest BCUT2D eigenvalue weighted by atomic mass is 35.5. The first-order valence-corrected chi connectivity index (χ1v) is 11.1. The molecule has 0 bridgehead atoms. The van der Waals surface area contributed by atoms with Crippen LogP contribution in [0, 0.1) is 0 Å². The van der Waals surface area contributed by atoms with Crippen LogP contribution in [0.2, 0.25) is 5.15 Å². The molecule has 0 spiro atoms. The van der Waals surface area contributed by atoms with Crippen LogP contribution in [0.25, 0.3) is 0 Å². The van der Waals surface area contributed by atoms with Gasteiger partial charge in [0.25, 0.3) is 11.8 Å². The van der Waals surface area contributed by atoms with Crippen LogP contribution in [-0.4, -0.2) is 63.7 Å². The van der Waals surface area contributed by atoms with Crippen molar-refractivity contribution in [2.45, 2.75) is 37.9 Å². The summed E-state index contributed by atoms with van der Waals surface area (Å²) in [6.07, 6.45) is 2.63. The van der Waals surface area contributed by atoms with Gasteiger partial charge in [0.1, 0.15) is 11.2 Å². The maximum atomic E-state index is 13.4. The number of imide groups is 2. The molecule has 3 aliphatic heterocycles. The van der Waals surface area contributed by atoms with Crippen LogP contribution in [0.4, 0.5) is 5.95 Å². The number of benzene rings is 1. The Morgan fingerprint density at radius 3 is 2.70 bits per heavy atom. The van der Waals surface area contributed by atoms with E-state index in [2.05, 4.69) is 20.6 Å². The second kappa shape index (κ2) is 8.53. The van der Waals surface area contributed by atoms with Crippen molar-refractivity contribution in [3.05, 3.63) is 52.3 Å². The number of fused-ring (bicyclic) bond motifs is 1. The molecule has 0 radical (unpaired) electrons. The molecule has 4 amide bonds. The molecule has 2 aromatic rings. The fraction of sp³-hybridized carbons (Fsp3) is 0.364. The third-order valence-corrected chi connectivity index (χ3v) is 6.45. The van der Waals surface area contributed by atoms with Crippen LogP contribution in [0.3, 0.4) is 0 Å². The summed E-state index contributed by atoms with van der Waals surface area (Å²) in [4.78, 5) is 62.1. The van der Waals surface area contributed by atoms with Crippen molar-refractivity contribution >= 4 is 41.2 Å². The summed E-state index contributed by atoms with van der Waals surface area (Å²) >= 11 is 6.10. The first kappa shape index (κ1) is 21.5. The summed E-state index contributed by atoms with van der Waals surface area (Å²) in [5.41, 5.74) is 1.15. The quantitative estimate of drug-likeness (QED) is 0.490. The number of hydrogen-bond acceptors (Lipinski definition) is 8. The molecule has 2 fully saturated rings. The number of anilines is 1. The molecule has 11 heteroatoms. The van der Waals surface area contributed by atoms with Gasteiger partial charge in [-0.25, -0.2) is 9.97 Å². The zero-order valence-corrected chi connectivity index (χ0v) is 18.3. The topological polar surface area (TPSA) is 125 Å². The van der Waals surface area contributed by atoms with Crippen molar-refractivity contribution < 1.29 is 19.2 Å². The summed E-state index contributed by atoms with van der Waals surface area (Å²) in [5.74, 6) is -1.66. The smallest absolute Gasteiger partial charge is 0.262 e. The number of carbonyl (C=O) groups is 4. The number of rotatable bonds is 5. The lowest BCUT2D eigenvalue weighted by atomic mass is 10.0. The molecule has 1 aromatic carbocycles. The molecule has 10 nitrogen and oxygen atoms in total. The van der Waals surface area contributed by atoms with Crippen LogP contribution >= 0.6 is 11.6 Å². The second-order valence-electron chi connectivity index (χ2n) is 8.24. The number of nitrogens with zero attached hydrogens (tertiary/aromatic N) is 4. The predicted molar refractivity (Wildman–Crippen MR) is 118 cm³/mol. The normalized spacial score (nSPS) is 22.5. The minimum Gasteiger partial charge on any atom is -0.332 e. The maximum absolute atomic E-state index is 13.4. The fourth-order valence-electron chi connectivity index (χ4n) is 4.63. The number of piperidine rings is 1. The van der Waals surface area contributed by atoms with Crippen molar-refractivity contribution in [1.29, 1.82) is 0 Å². The lowest BCUT2D eigenvalue weighted by Gasteiger charge is -2.29. The third kappa shape index (κ3) is 3.85. The van der Waals surface area contributed by atoms with E-state index in [0.29, 0.717) is 16.7 Å². The van der Waals surface area contributed by atoms with Gasteiger partial charge in [-0.1, -0.05) is 23.7 Å². The van der Waals surface area contributed by atoms with Gasteiger partial charge in [0, 0.05) is 31.7 Å². The summed E-state index contributed by atoms with van der Waals surface area (Å²) in [6.45, 7) is 1.85. The molecule has 33 heavy (non-hydrogen) atoms. The summed E-state index contributed by atoms with van der Waals surface area (Å²) in [5, 5.41) is 5.84. The molecule has 2 unspecified atom stereocenters. The highest BCUT2D eigenvalue weighted by Crippen LogP contribution is 2.31. The van der Waals surface area contributed by atoms with E-state index >= 15 is 0 Å².